The van der Waals surface area contributed by atoms with E-state index in [9.17, 15) is 0 Å². The summed E-state index contributed by atoms with van der Waals surface area (Å²) in [6.07, 6.45) is 5.39. The van der Waals surface area contributed by atoms with Gasteiger partial charge in [0.25, 0.3) is 0 Å². The van der Waals surface area contributed by atoms with E-state index in [0.29, 0.717) is 5.02 Å². The molecule has 14 heavy (non-hydrogen) atoms. The molecule has 0 aliphatic heterocycles. The van der Waals surface area contributed by atoms with Gasteiger partial charge in [-0.15, -0.1) is 0 Å². The summed E-state index contributed by atoms with van der Waals surface area (Å²) in [5.74, 6) is 2.85. The Bertz CT molecular complexity index is 543. The van der Waals surface area contributed by atoms with E-state index in [1.807, 2.05) is 23.9 Å². The van der Waals surface area contributed by atoms with Crippen molar-refractivity contribution in [3.8, 4) is 12.0 Å². The van der Waals surface area contributed by atoms with Crippen molar-refractivity contribution in [2.24, 2.45) is 0 Å². The van der Waals surface area contributed by atoms with Crippen LogP contribution in [-0.2, 0) is 0 Å². The zero-order valence-electron chi connectivity index (χ0n) is 8.00. The van der Waals surface area contributed by atoms with Crippen molar-refractivity contribution in [3.63, 3.8) is 0 Å². The first-order valence-electron chi connectivity index (χ1n) is 4.28. The maximum Gasteiger partial charge on any atom is 0.0689 e. The third-order valence-corrected chi connectivity index (χ3v) is 2.37. The smallest absolute Gasteiger partial charge is 0.0689 e. The van der Waals surface area contributed by atoms with Gasteiger partial charge in [0.2, 0.25) is 0 Å². The lowest BCUT2D eigenvalue weighted by molar-refractivity contribution is 1.17. The minimum atomic E-state index is 0.693. The number of halogens is 1. The SMILES string of the molecule is CC#Cn1cc(Cl)c2cncc(C)c21. The number of pyridine rings is 1. The fraction of sp³-hybridized carbons (Fsp3) is 0.182. The summed E-state index contributed by atoms with van der Waals surface area (Å²) in [7, 11) is 0. The van der Waals surface area contributed by atoms with E-state index in [2.05, 4.69) is 16.9 Å². The molecule has 3 heteroatoms. The molecule has 0 atom stereocenters. The fourth-order valence-corrected chi connectivity index (χ4v) is 1.74. The lowest BCUT2D eigenvalue weighted by Gasteiger charge is -1.97. The predicted molar refractivity (Wildman–Crippen MR) is 58.3 cm³/mol. The van der Waals surface area contributed by atoms with E-state index in [-0.39, 0.29) is 0 Å². The molecule has 2 aromatic rings. The molecule has 0 aliphatic carbocycles. The lowest BCUT2D eigenvalue weighted by Crippen LogP contribution is -1.88. The van der Waals surface area contributed by atoms with Crippen molar-refractivity contribution in [3.05, 3.63) is 29.2 Å². The number of rotatable bonds is 0. The third kappa shape index (κ3) is 1.26. The van der Waals surface area contributed by atoms with Crippen molar-refractivity contribution in [1.82, 2.24) is 9.55 Å². The predicted octanol–water partition coefficient (Wildman–Crippen LogP) is 2.83. The van der Waals surface area contributed by atoms with E-state index in [0.717, 1.165) is 16.5 Å². The van der Waals surface area contributed by atoms with Gasteiger partial charge in [-0.3, -0.25) is 9.55 Å². The Morgan fingerprint density at radius 3 is 2.93 bits per heavy atom. The van der Waals surface area contributed by atoms with Gasteiger partial charge < -0.3 is 0 Å². The van der Waals surface area contributed by atoms with Crippen LogP contribution in [0.15, 0.2) is 18.6 Å². The van der Waals surface area contributed by atoms with Crippen LogP contribution in [0.25, 0.3) is 10.9 Å². The fourth-order valence-electron chi connectivity index (χ4n) is 1.51. The summed E-state index contributed by atoms with van der Waals surface area (Å²) in [4.78, 5) is 4.10. The minimum absolute atomic E-state index is 0.693. The van der Waals surface area contributed by atoms with Crippen molar-refractivity contribution < 1.29 is 0 Å². The molecular weight excluding hydrogens is 196 g/mol. The van der Waals surface area contributed by atoms with Crippen LogP contribution < -0.4 is 0 Å². The molecule has 0 aromatic carbocycles. The van der Waals surface area contributed by atoms with Crippen LogP contribution in [-0.4, -0.2) is 9.55 Å². The van der Waals surface area contributed by atoms with Gasteiger partial charge in [-0.1, -0.05) is 17.5 Å². The quantitative estimate of drug-likeness (QED) is 0.604. The first kappa shape index (κ1) is 9.11. The van der Waals surface area contributed by atoms with Gasteiger partial charge in [0.05, 0.1) is 10.5 Å². The molecule has 0 saturated carbocycles. The number of fused-ring (bicyclic) bond motifs is 1. The highest BCUT2D eigenvalue weighted by molar-refractivity contribution is 6.35. The van der Waals surface area contributed by atoms with Crippen molar-refractivity contribution >= 4 is 22.5 Å². The molecule has 2 rings (SSSR count). The van der Waals surface area contributed by atoms with Crippen molar-refractivity contribution in [1.29, 1.82) is 0 Å². The van der Waals surface area contributed by atoms with E-state index < -0.39 is 0 Å². The first-order chi connectivity index (χ1) is 6.74. The van der Waals surface area contributed by atoms with Crippen molar-refractivity contribution in [2.45, 2.75) is 13.8 Å². The van der Waals surface area contributed by atoms with Gasteiger partial charge in [-0.2, -0.15) is 0 Å². The molecule has 0 saturated heterocycles. The Balaban J connectivity index is 2.90. The van der Waals surface area contributed by atoms with Gasteiger partial charge in [-0.25, -0.2) is 0 Å². The van der Waals surface area contributed by atoms with Gasteiger partial charge in [0.1, 0.15) is 0 Å². The number of nitrogens with zero attached hydrogens (tertiary/aromatic N) is 2. The second-order valence-electron chi connectivity index (χ2n) is 3.06. The molecule has 0 spiro atoms. The third-order valence-electron chi connectivity index (χ3n) is 2.07. The molecule has 0 bridgehead atoms. The summed E-state index contributed by atoms with van der Waals surface area (Å²) in [5, 5.41) is 1.65. The molecule has 0 fully saturated rings. The monoisotopic (exact) mass is 204 g/mol. The van der Waals surface area contributed by atoms with Crippen LogP contribution in [0.1, 0.15) is 12.5 Å². The Morgan fingerprint density at radius 2 is 2.21 bits per heavy atom. The highest BCUT2D eigenvalue weighted by atomic mass is 35.5. The maximum atomic E-state index is 6.06. The zero-order valence-corrected chi connectivity index (χ0v) is 8.76. The second-order valence-corrected chi connectivity index (χ2v) is 3.47. The van der Waals surface area contributed by atoms with E-state index in [1.54, 1.807) is 13.1 Å². The van der Waals surface area contributed by atoms with Crippen LogP contribution in [0.2, 0.25) is 5.02 Å². The van der Waals surface area contributed by atoms with Crippen LogP contribution in [0.4, 0.5) is 0 Å². The Kier molecular flexibility index (Phi) is 2.18. The average molecular weight is 205 g/mol. The molecule has 0 amide bonds. The second kappa shape index (κ2) is 3.36. The molecule has 2 nitrogen and oxygen atoms in total. The van der Waals surface area contributed by atoms with Crippen LogP contribution in [0.3, 0.4) is 0 Å². The highest BCUT2D eigenvalue weighted by Gasteiger charge is 2.07. The van der Waals surface area contributed by atoms with Crippen LogP contribution >= 0.6 is 11.6 Å². The summed E-state index contributed by atoms with van der Waals surface area (Å²) in [6.45, 7) is 3.80. The number of hydrogen-bond acceptors (Lipinski definition) is 1. The summed E-state index contributed by atoms with van der Waals surface area (Å²) < 4.78 is 1.84. The number of aromatic nitrogens is 2. The lowest BCUT2D eigenvalue weighted by atomic mass is 10.2. The van der Waals surface area contributed by atoms with Crippen molar-refractivity contribution in [2.75, 3.05) is 0 Å². The Hall–Kier alpha value is -1.46. The van der Waals surface area contributed by atoms with E-state index >= 15 is 0 Å². The normalized spacial score (nSPS) is 9.93. The largest absolute Gasteiger partial charge is 0.275 e. The van der Waals surface area contributed by atoms with Crippen LogP contribution in [0.5, 0.6) is 0 Å². The van der Waals surface area contributed by atoms with Gasteiger partial charge in [0, 0.05) is 30.0 Å². The average Bonchev–Trinajstić information content (AvgIpc) is 2.46. The van der Waals surface area contributed by atoms with E-state index in [1.165, 1.54) is 0 Å². The molecular formula is C11H9ClN2. The number of aryl methyl sites for hydroxylation is 1. The maximum absolute atomic E-state index is 6.06. The molecule has 0 N–H and O–H groups in total. The summed E-state index contributed by atoms with van der Waals surface area (Å²) >= 11 is 6.06. The molecule has 70 valence electrons. The molecule has 0 radical (unpaired) electrons. The van der Waals surface area contributed by atoms with Gasteiger partial charge >= 0.3 is 0 Å². The molecule has 0 unspecified atom stereocenters. The molecule has 2 aromatic heterocycles. The Labute approximate surface area is 87.5 Å². The minimum Gasteiger partial charge on any atom is -0.275 e. The topological polar surface area (TPSA) is 17.8 Å². The zero-order chi connectivity index (χ0) is 10.1. The molecule has 0 aliphatic rings. The first-order valence-corrected chi connectivity index (χ1v) is 4.65. The van der Waals surface area contributed by atoms with Gasteiger partial charge in [-0.05, 0) is 19.4 Å². The highest BCUT2D eigenvalue weighted by Crippen LogP contribution is 2.26. The summed E-state index contributed by atoms with van der Waals surface area (Å²) in [6, 6.07) is 2.97. The number of hydrogen-bond donors (Lipinski definition) is 0. The van der Waals surface area contributed by atoms with Gasteiger partial charge in [0.15, 0.2) is 0 Å². The van der Waals surface area contributed by atoms with Crippen LogP contribution in [0, 0.1) is 18.9 Å². The standard InChI is InChI=1S/C11H9ClN2/c1-3-4-14-7-10(12)9-6-13-5-8(2)11(9)14/h5-7H,1-2H3. The Morgan fingerprint density at radius 1 is 1.43 bits per heavy atom. The summed E-state index contributed by atoms with van der Waals surface area (Å²) in [5.41, 5.74) is 2.12. The van der Waals surface area contributed by atoms with E-state index in [4.69, 9.17) is 11.6 Å². The molecule has 2 heterocycles.